The molecule has 1 amide bonds. The van der Waals surface area contributed by atoms with Gasteiger partial charge >= 0.3 is 5.97 Å². The maximum atomic E-state index is 12.3. The number of nitrogens with zero attached hydrogens (tertiary/aromatic N) is 1. The summed E-state index contributed by atoms with van der Waals surface area (Å²) >= 11 is 0. The zero-order chi connectivity index (χ0) is 14.5. The van der Waals surface area contributed by atoms with Crippen molar-refractivity contribution in [2.45, 2.75) is 12.5 Å². The van der Waals surface area contributed by atoms with Gasteiger partial charge in [-0.25, -0.2) is 4.79 Å². The van der Waals surface area contributed by atoms with Crippen LogP contribution in [0.1, 0.15) is 15.9 Å². The van der Waals surface area contributed by atoms with E-state index in [1.165, 1.54) is 4.90 Å². The number of benzene rings is 1. The zero-order valence-electron chi connectivity index (χ0n) is 11.1. The molecule has 1 fully saturated rings. The average Bonchev–Trinajstić information content (AvgIpc) is 2.48. The van der Waals surface area contributed by atoms with Gasteiger partial charge in [0.25, 0.3) is 5.91 Å². The summed E-state index contributed by atoms with van der Waals surface area (Å²) in [4.78, 5) is 24.7. The summed E-state index contributed by atoms with van der Waals surface area (Å²) < 4.78 is 5.10. The van der Waals surface area contributed by atoms with Crippen molar-refractivity contribution in [3.8, 4) is 0 Å². The van der Waals surface area contributed by atoms with Crippen LogP contribution in [0.5, 0.6) is 0 Å². The first-order chi connectivity index (χ1) is 9.61. The number of aliphatic carboxylic acids is 1. The molecular weight excluding hydrogens is 260 g/mol. The third-order valence-corrected chi connectivity index (χ3v) is 3.26. The number of morpholine rings is 1. The molecule has 0 radical (unpaired) electrons. The van der Waals surface area contributed by atoms with E-state index in [0.717, 1.165) is 12.0 Å². The molecule has 0 aromatic heterocycles. The van der Waals surface area contributed by atoms with Crippen molar-refractivity contribution in [2.24, 2.45) is 5.73 Å². The molecule has 1 aliphatic heterocycles. The average molecular weight is 278 g/mol. The predicted molar refractivity (Wildman–Crippen MR) is 72.5 cm³/mol. The number of rotatable bonds is 4. The smallest absolute Gasteiger partial charge is 0.334 e. The maximum Gasteiger partial charge on any atom is 0.334 e. The van der Waals surface area contributed by atoms with Crippen molar-refractivity contribution in [1.82, 2.24) is 4.90 Å². The molecule has 1 aromatic rings. The lowest BCUT2D eigenvalue weighted by Crippen LogP contribution is -2.48. The summed E-state index contributed by atoms with van der Waals surface area (Å²) in [5.74, 6) is -1.21. The molecule has 1 saturated heterocycles. The van der Waals surface area contributed by atoms with Gasteiger partial charge in [0.15, 0.2) is 6.10 Å². The van der Waals surface area contributed by atoms with Crippen LogP contribution in [0.15, 0.2) is 24.3 Å². The van der Waals surface area contributed by atoms with E-state index in [2.05, 4.69) is 0 Å². The van der Waals surface area contributed by atoms with Gasteiger partial charge in [-0.1, -0.05) is 12.1 Å². The molecule has 0 saturated carbocycles. The van der Waals surface area contributed by atoms with E-state index in [0.29, 0.717) is 18.7 Å². The minimum Gasteiger partial charge on any atom is -0.479 e. The van der Waals surface area contributed by atoms with E-state index in [1.54, 1.807) is 12.1 Å². The number of carboxylic acids is 1. The lowest BCUT2D eigenvalue weighted by molar-refractivity contribution is -0.154. The summed E-state index contributed by atoms with van der Waals surface area (Å²) in [5.41, 5.74) is 7.11. The summed E-state index contributed by atoms with van der Waals surface area (Å²) in [5, 5.41) is 8.93. The Morgan fingerprint density at radius 1 is 1.35 bits per heavy atom. The van der Waals surface area contributed by atoms with Gasteiger partial charge in [-0.3, -0.25) is 4.79 Å². The minimum atomic E-state index is -1.04. The molecular formula is C14H18N2O4. The topological polar surface area (TPSA) is 92.9 Å². The first-order valence-electron chi connectivity index (χ1n) is 6.54. The van der Waals surface area contributed by atoms with Crippen LogP contribution in [-0.2, 0) is 16.0 Å². The van der Waals surface area contributed by atoms with Crippen LogP contribution in [0.2, 0.25) is 0 Å². The van der Waals surface area contributed by atoms with Crippen LogP contribution >= 0.6 is 0 Å². The SMILES string of the molecule is NCCc1ccc(C(=O)N2CCOC(C(=O)O)C2)cc1. The molecule has 0 spiro atoms. The second kappa shape index (κ2) is 6.49. The number of carbonyl (C=O) groups is 2. The van der Waals surface area contributed by atoms with E-state index in [1.807, 2.05) is 12.1 Å². The molecule has 0 aliphatic carbocycles. The van der Waals surface area contributed by atoms with E-state index in [4.69, 9.17) is 15.6 Å². The minimum absolute atomic E-state index is 0.0821. The molecule has 2 rings (SSSR count). The van der Waals surface area contributed by atoms with E-state index in [-0.39, 0.29) is 19.1 Å². The van der Waals surface area contributed by atoms with Crippen LogP contribution in [0, 0.1) is 0 Å². The largest absolute Gasteiger partial charge is 0.479 e. The maximum absolute atomic E-state index is 12.3. The summed E-state index contributed by atoms with van der Waals surface area (Å²) in [6.07, 6.45) is -0.170. The van der Waals surface area contributed by atoms with Gasteiger partial charge in [0.2, 0.25) is 0 Å². The predicted octanol–water partition coefficient (Wildman–Crippen LogP) is 0.113. The number of hydrogen-bond donors (Lipinski definition) is 2. The third-order valence-electron chi connectivity index (χ3n) is 3.26. The Morgan fingerprint density at radius 2 is 2.05 bits per heavy atom. The van der Waals surface area contributed by atoms with Gasteiger partial charge in [0.1, 0.15) is 0 Å². The number of nitrogens with two attached hydrogens (primary N) is 1. The highest BCUT2D eigenvalue weighted by Gasteiger charge is 2.29. The monoisotopic (exact) mass is 278 g/mol. The number of hydrogen-bond acceptors (Lipinski definition) is 4. The highest BCUT2D eigenvalue weighted by Crippen LogP contribution is 2.12. The number of carbonyl (C=O) groups excluding carboxylic acids is 1. The van der Waals surface area contributed by atoms with Crippen molar-refractivity contribution in [3.05, 3.63) is 35.4 Å². The second-order valence-corrected chi connectivity index (χ2v) is 4.68. The Morgan fingerprint density at radius 3 is 2.65 bits per heavy atom. The molecule has 1 atom stereocenters. The molecule has 3 N–H and O–H groups in total. The van der Waals surface area contributed by atoms with Crippen molar-refractivity contribution >= 4 is 11.9 Å². The Balaban J connectivity index is 2.04. The summed E-state index contributed by atoms with van der Waals surface area (Å²) in [7, 11) is 0. The van der Waals surface area contributed by atoms with Crippen LogP contribution in [-0.4, -0.2) is 54.2 Å². The fraction of sp³-hybridized carbons (Fsp3) is 0.429. The second-order valence-electron chi connectivity index (χ2n) is 4.68. The van der Waals surface area contributed by atoms with Crippen molar-refractivity contribution in [1.29, 1.82) is 0 Å². The van der Waals surface area contributed by atoms with Gasteiger partial charge in [-0.05, 0) is 30.7 Å². The van der Waals surface area contributed by atoms with Crippen LogP contribution < -0.4 is 5.73 Å². The van der Waals surface area contributed by atoms with Crippen molar-refractivity contribution in [3.63, 3.8) is 0 Å². The molecule has 6 heteroatoms. The van der Waals surface area contributed by atoms with Crippen LogP contribution in [0.25, 0.3) is 0 Å². The first-order valence-corrected chi connectivity index (χ1v) is 6.54. The van der Waals surface area contributed by atoms with Crippen molar-refractivity contribution < 1.29 is 19.4 Å². The molecule has 1 heterocycles. The van der Waals surface area contributed by atoms with Gasteiger partial charge in [0, 0.05) is 12.1 Å². The number of carboxylic acid groups (broad SMARTS) is 1. The van der Waals surface area contributed by atoms with Crippen molar-refractivity contribution in [2.75, 3.05) is 26.2 Å². The van der Waals surface area contributed by atoms with Crippen LogP contribution in [0.3, 0.4) is 0 Å². The van der Waals surface area contributed by atoms with Gasteiger partial charge < -0.3 is 20.5 Å². The van der Waals surface area contributed by atoms with Gasteiger partial charge in [0.05, 0.1) is 13.2 Å². The molecule has 108 valence electrons. The highest BCUT2D eigenvalue weighted by atomic mass is 16.5. The molecule has 0 bridgehead atoms. The number of ether oxygens (including phenoxy) is 1. The van der Waals surface area contributed by atoms with E-state index >= 15 is 0 Å². The molecule has 6 nitrogen and oxygen atoms in total. The Labute approximate surface area is 117 Å². The summed E-state index contributed by atoms with van der Waals surface area (Å²) in [6, 6.07) is 7.24. The third kappa shape index (κ3) is 3.34. The zero-order valence-corrected chi connectivity index (χ0v) is 11.1. The number of amides is 1. The van der Waals surface area contributed by atoms with E-state index in [9.17, 15) is 9.59 Å². The Kier molecular flexibility index (Phi) is 4.70. The molecule has 1 unspecified atom stereocenters. The molecule has 1 aromatic carbocycles. The normalized spacial score (nSPS) is 18.9. The van der Waals surface area contributed by atoms with Gasteiger partial charge in [-0.2, -0.15) is 0 Å². The molecule has 1 aliphatic rings. The first kappa shape index (κ1) is 14.5. The summed E-state index contributed by atoms with van der Waals surface area (Å²) in [6.45, 7) is 1.30. The van der Waals surface area contributed by atoms with Crippen LogP contribution in [0.4, 0.5) is 0 Å². The fourth-order valence-electron chi connectivity index (χ4n) is 2.15. The Hall–Kier alpha value is -1.92. The van der Waals surface area contributed by atoms with E-state index < -0.39 is 12.1 Å². The fourth-order valence-corrected chi connectivity index (χ4v) is 2.15. The van der Waals surface area contributed by atoms with Gasteiger partial charge in [-0.15, -0.1) is 0 Å². The highest BCUT2D eigenvalue weighted by molar-refractivity contribution is 5.94. The molecule has 20 heavy (non-hydrogen) atoms. The Bertz CT molecular complexity index is 486. The standard InChI is InChI=1S/C14H18N2O4/c15-6-5-10-1-3-11(4-2-10)13(17)16-7-8-20-12(9-16)14(18)19/h1-4,12H,5-9,15H2,(H,18,19). The lowest BCUT2D eigenvalue weighted by Gasteiger charge is -2.30. The quantitative estimate of drug-likeness (QED) is 0.815. The lowest BCUT2D eigenvalue weighted by atomic mass is 10.1.